The fourth-order valence-electron chi connectivity index (χ4n) is 4.62. The van der Waals surface area contributed by atoms with Crippen molar-refractivity contribution in [2.75, 3.05) is 14.1 Å². The number of nitrogens with one attached hydrogen (secondary N) is 2. The number of hydrogen-bond donors (Lipinski definition) is 4. The minimum atomic E-state index is -0.240. The van der Waals surface area contributed by atoms with Gasteiger partial charge < -0.3 is 20.1 Å². The van der Waals surface area contributed by atoms with Gasteiger partial charge in [-0.1, -0.05) is 30.3 Å². The normalized spacial score (nSPS) is 11.7. The van der Waals surface area contributed by atoms with E-state index in [-0.39, 0.29) is 17.1 Å². The zero-order chi connectivity index (χ0) is 24.1. The molecule has 3 heterocycles. The number of aromatic nitrogens is 4. The molecule has 4 N–H and O–H groups in total. The van der Waals surface area contributed by atoms with Crippen molar-refractivity contribution in [2.24, 2.45) is 0 Å². The van der Waals surface area contributed by atoms with Crippen LogP contribution < -0.4 is 5.49 Å². The lowest BCUT2D eigenvalue weighted by atomic mass is 10.0. The minimum absolute atomic E-state index is 0.0534. The summed E-state index contributed by atoms with van der Waals surface area (Å²) in [7, 11) is 4.01. The molecule has 0 atom stereocenters. The first-order valence-electron chi connectivity index (χ1n) is 11.0. The Morgan fingerprint density at radius 2 is 1.82 bits per heavy atom. The first-order chi connectivity index (χ1) is 16.3. The maximum absolute atomic E-state index is 11.2. The summed E-state index contributed by atoms with van der Waals surface area (Å²) in [6.07, 6.45) is 1.58. The van der Waals surface area contributed by atoms with Gasteiger partial charge in [0.05, 0.1) is 34.0 Å². The number of nitrogens with zero attached hydrogens (tertiary/aromatic N) is 4. The zero-order valence-corrected chi connectivity index (χ0v) is 19.5. The van der Waals surface area contributed by atoms with Gasteiger partial charge >= 0.3 is 0 Å². The molecule has 0 spiro atoms. The Balaban J connectivity index is 1.87. The standard InChI is InChI=1S/C26H26N6O2/c1-14-9-10-20(33)15(2)23(14)32-24(27)22-21-19(28-13-29-25(21)32)11-18(30-26(22)34)17-8-6-5-7-16(17)12-31(3)4/h5-11,13,27,33-34H,12H2,1-4H3,(H,28,29). The SMILES string of the molecule is Cc1ccc(O)c(C)c1-n1c(=N)c2c(O)nc(-c3ccccc3CN(C)C)cc3[nH]cnc1c32. The molecular weight excluding hydrogens is 428 g/mol. The number of rotatable bonds is 4. The van der Waals surface area contributed by atoms with Crippen LogP contribution in [0.3, 0.4) is 0 Å². The van der Waals surface area contributed by atoms with Gasteiger partial charge in [0.2, 0.25) is 5.88 Å². The van der Waals surface area contributed by atoms with Crippen LogP contribution in [-0.4, -0.2) is 48.7 Å². The molecule has 0 unspecified atom stereocenters. The molecule has 3 aromatic heterocycles. The molecule has 8 nitrogen and oxygen atoms in total. The van der Waals surface area contributed by atoms with Crippen LogP contribution >= 0.6 is 0 Å². The molecule has 34 heavy (non-hydrogen) atoms. The molecule has 2 aromatic carbocycles. The Hall–Kier alpha value is -4.17. The first-order valence-corrected chi connectivity index (χ1v) is 11.0. The molecule has 0 bridgehead atoms. The van der Waals surface area contributed by atoms with E-state index in [0.29, 0.717) is 38.9 Å². The summed E-state index contributed by atoms with van der Waals surface area (Å²) < 4.78 is 1.66. The number of phenolic OH excluding ortho intramolecular Hbond substituents is 1. The van der Waals surface area contributed by atoms with E-state index in [4.69, 9.17) is 5.41 Å². The predicted molar refractivity (Wildman–Crippen MR) is 132 cm³/mol. The topological polar surface area (TPSA) is 114 Å². The number of H-pyrrole nitrogens is 1. The van der Waals surface area contributed by atoms with Crippen LogP contribution in [0, 0.1) is 19.3 Å². The Bertz CT molecular complexity index is 1630. The summed E-state index contributed by atoms with van der Waals surface area (Å²) in [6, 6.07) is 13.3. The Morgan fingerprint density at radius 1 is 1.06 bits per heavy atom. The van der Waals surface area contributed by atoms with Crippen molar-refractivity contribution in [3.63, 3.8) is 0 Å². The smallest absolute Gasteiger partial charge is 0.223 e. The van der Waals surface area contributed by atoms with Gasteiger partial charge in [0.1, 0.15) is 11.2 Å². The van der Waals surface area contributed by atoms with Crippen LogP contribution in [-0.2, 0) is 6.54 Å². The summed E-state index contributed by atoms with van der Waals surface area (Å²) in [5, 5.41) is 31.4. The molecule has 8 heteroatoms. The van der Waals surface area contributed by atoms with Crippen molar-refractivity contribution in [2.45, 2.75) is 20.4 Å². The zero-order valence-electron chi connectivity index (χ0n) is 19.5. The van der Waals surface area contributed by atoms with E-state index >= 15 is 0 Å². The van der Waals surface area contributed by atoms with E-state index in [1.54, 1.807) is 30.0 Å². The maximum Gasteiger partial charge on any atom is 0.223 e. The third-order valence-electron chi connectivity index (χ3n) is 6.16. The number of benzene rings is 2. The maximum atomic E-state index is 11.2. The van der Waals surface area contributed by atoms with Crippen molar-refractivity contribution < 1.29 is 10.2 Å². The van der Waals surface area contributed by atoms with Crippen molar-refractivity contribution in [1.29, 1.82) is 5.41 Å². The van der Waals surface area contributed by atoms with Gasteiger partial charge in [-0.2, -0.15) is 0 Å². The first kappa shape index (κ1) is 21.7. The lowest BCUT2D eigenvalue weighted by Gasteiger charge is -2.14. The van der Waals surface area contributed by atoms with E-state index < -0.39 is 0 Å². The van der Waals surface area contributed by atoms with Gasteiger partial charge in [-0.3, -0.25) is 9.98 Å². The van der Waals surface area contributed by atoms with E-state index in [0.717, 1.165) is 23.2 Å². The van der Waals surface area contributed by atoms with Crippen LogP contribution in [0.25, 0.3) is 38.9 Å². The number of aromatic amines is 1. The number of aryl methyl sites for hydroxylation is 1. The second-order valence-corrected chi connectivity index (χ2v) is 8.81. The molecular formula is C26H26N6O2. The highest BCUT2D eigenvalue weighted by atomic mass is 16.3. The third-order valence-corrected chi connectivity index (χ3v) is 6.16. The molecule has 172 valence electrons. The van der Waals surface area contributed by atoms with E-state index in [1.165, 1.54) is 0 Å². The summed E-state index contributed by atoms with van der Waals surface area (Å²) >= 11 is 0. The van der Waals surface area contributed by atoms with Crippen molar-refractivity contribution in [3.8, 4) is 28.6 Å². The summed E-state index contributed by atoms with van der Waals surface area (Å²) in [4.78, 5) is 14.4. The summed E-state index contributed by atoms with van der Waals surface area (Å²) in [6.45, 7) is 4.44. The fourth-order valence-corrected chi connectivity index (χ4v) is 4.62. The van der Waals surface area contributed by atoms with Crippen LogP contribution in [0.4, 0.5) is 0 Å². The van der Waals surface area contributed by atoms with Crippen LogP contribution in [0.15, 0.2) is 48.8 Å². The molecule has 5 rings (SSSR count). The molecule has 5 aromatic rings. The van der Waals surface area contributed by atoms with E-state index in [9.17, 15) is 10.2 Å². The van der Waals surface area contributed by atoms with Crippen LogP contribution in [0.5, 0.6) is 11.6 Å². The monoisotopic (exact) mass is 454 g/mol. The molecule has 0 amide bonds. The number of hydrogen-bond acceptors (Lipinski definition) is 6. The molecule has 0 saturated heterocycles. The van der Waals surface area contributed by atoms with E-state index in [2.05, 4.69) is 19.9 Å². The van der Waals surface area contributed by atoms with Crippen molar-refractivity contribution >= 4 is 21.9 Å². The highest BCUT2D eigenvalue weighted by Gasteiger charge is 2.22. The highest BCUT2D eigenvalue weighted by Crippen LogP contribution is 2.34. The fraction of sp³-hybridized carbons (Fsp3) is 0.192. The second-order valence-electron chi connectivity index (χ2n) is 8.81. The Morgan fingerprint density at radius 3 is 2.59 bits per heavy atom. The predicted octanol–water partition coefficient (Wildman–Crippen LogP) is 4.14. The summed E-state index contributed by atoms with van der Waals surface area (Å²) in [5.41, 5.74) is 6.03. The van der Waals surface area contributed by atoms with Gasteiger partial charge in [0, 0.05) is 17.7 Å². The Kier molecular flexibility index (Phi) is 5.10. The lowest BCUT2D eigenvalue weighted by molar-refractivity contribution is 0.403. The average Bonchev–Trinajstić information content (AvgIpc) is 2.99. The summed E-state index contributed by atoms with van der Waals surface area (Å²) in [5.74, 6) is -0.106. The Labute approximate surface area is 196 Å². The van der Waals surface area contributed by atoms with Gasteiger partial charge in [0.15, 0.2) is 5.65 Å². The van der Waals surface area contributed by atoms with E-state index in [1.807, 2.05) is 51.4 Å². The van der Waals surface area contributed by atoms with Crippen molar-refractivity contribution in [3.05, 3.63) is 71.0 Å². The van der Waals surface area contributed by atoms with Gasteiger partial charge in [-0.05, 0) is 51.2 Å². The van der Waals surface area contributed by atoms with Crippen LogP contribution in [0.2, 0.25) is 0 Å². The number of aromatic hydroxyl groups is 2. The molecule has 0 radical (unpaired) electrons. The minimum Gasteiger partial charge on any atom is -0.508 e. The molecule has 0 fully saturated rings. The second kappa shape index (κ2) is 8.00. The van der Waals surface area contributed by atoms with Crippen LogP contribution in [0.1, 0.15) is 16.7 Å². The average molecular weight is 455 g/mol. The number of phenols is 1. The molecule has 0 aliphatic rings. The van der Waals surface area contributed by atoms with Gasteiger partial charge in [-0.25, -0.2) is 9.97 Å². The highest BCUT2D eigenvalue weighted by molar-refractivity contribution is 6.08. The molecule has 0 aliphatic carbocycles. The quantitative estimate of drug-likeness (QED) is 0.326. The molecule has 0 aliphatic heterocycles. The largest absolute Gasteiger partial charge is 0.508 e. The lowest BCUT2D eigenvalue weighted by Crippen LogP contribution is -2.16. The van der Waals surface area contributed by atoms with Crippen molar-refractivity contribution in [1.82, 2.24) is 24.4 Å². The van der Waals surface area contributed by atoms with Gasteiger partial charge in [-0.15, -0.1) is 0 Å². The third kappa shape index (κ3) is 3.31. The van der Waals surface area contributed by atoms with Gasteiger partial charge in [0.25, 0.3) is 0 Å². The molecule has 0 saturated carbocycles.